The molecule has 14 nitrogen and oxygen atoms in total. The monoisotopic (exact) mass is 606 g/mol. The fourth-order valence-corrected chi connectivity index (χ4v) is 4.85. The van der Waals surface area contributed by atoms with Crippen LogP contribution in [0.3, 0.4) is 0 Å². The second-order valence-corrected chi connectivity index (χ2v) is 9.85. The number of nitrogens with zero attached hydrogens (tertiary/aromatic N) is 3. The summed E-state index contributed by atoms with van der Waals surface area (Å²) in [6.45, 7) is 7.38. The Bertz CT molecular complexity index is 1610. The molecule has 0 unspecified atom stereocenters. The van der Waals surface area contributed by atoms with E-state index in [1.54, 1.807) is 50.4 Å². The first-order valence-electron chi connectivity index (χ1n) is 13.7. The van der Waals surface area contributed by atoms with Crippen LogP contribution in [0.1, 0.15) is 42.4 Å². The van der Waals surface area contributed by atoms with Gasteiger partial charge in [-0.1, -0.05) is 6.07 Å². The zero-order chi connectivity index (χ0) is 32.0. The number of rotatable bonds is 12. The number of aliphatic hydroxyl groups excluding tert-OH is 1. The largest absolute Gasteiger partial charge is 0.490 e. The summed E-state index contributed by atoms with van der Waals surface area (Å²) in [5.74, 6) is 0.114. The van der Waals surface area contributed by atoms with Crippen LogP contribution in [0.4, 0.5) is 10.5 Å². The van der Waals surface area contributed by atoms with Crippen molar-refractivity contribution in [3.8, 4) is 17.2 Å². The number of amides is 2. The highest BCUT2D eigenvalue weighted by atomic mass is 16.6. The molecule has 232 valence electrons. The summed E-state index contributed by atoms with van der Waals surface area (Å²) in [6.07, 6.45) is 0.397. The third-order valence-corrected chi connectivity index (χ3v) is 6.89. The van der Waals surface area contributed by atoms with Gasteiger partial charge in [0.15, 0.2) is 17.7 Å². The lowest BCUT2D eigenvalue weighted by Crippen LogP contribution is -2.45. The van der Waals surface area contributed by atoms with Gasteiger partial charge in [-0.15, -0.1) is 0 Å². The number of nitrogens with one attached hydrogen (secondary N) is 3. The molecule has 1 aliphatic rings. The molecule has 2 aromatic carbocycles. The molecular formula is C30H34N6O8. The highest BCUT2D eigenvalue weighted by Crippen LogP contribution is 2.35. The maximum atomic E-state index is 12.4. The molecule has 4 N–H and O–H groups in total. The fraction of sp³-hybridized carbons (Fsp3) is 0.300. The number of hydrazone groups is 1. The van der Waals surface area contributed by atoms with Crippen LogP contribution in [0.25, 0.3) is 5.69 Å². The fourth-order valence-electron chi connectivity index (χ4n) is 4.85. The molecule has 2 heterocycles. The van der Waals surface area contributed by atoms with Crippen LogP contribution in [0.5, 0.6) is 11.5 Å². The Labute approximate surface area is 253 Å². The lowest BCUT2D eigenvalue weighted by Gasteiger charge is -2.28. The number of urea groups is 1. The van der Waals surface area contributed by atoms with Crippen molar-refractivity contribution in [3.05, 3.63) is 92.4 Å². The topological polar surface area (TPSA) is 179 Å². The lowest BCUT2D eigenvalue weighted by atomic mass is 9.95. The molecule has 0 saturated heterocycles. The number of aryl methyl sites for hydroxylation is 1. The molecule has 2 atom stereocenters. The van der Waals surface area contributed by atoms with E-state index >= 15 is 0 Å². The van der Waals surface area contributed by atoms with Crippen LogP contribution in [0.15, 0.2) is 64.9 Å². The minimum Gasteiger partial charge on any atom is -0.490 e. The summed E-state index contributed by atoms with van der Waals surface area (Å²) in [4.78, 5) is 35.1. The van der Waals surface area contributed by atoms with E-state index in [4.69, 9.17) is 14.2 Å². The molecule has 4 rings (SSSR count). The number of carbonyl (C=O) groups excluding carboxylic acids is 2. The molecule has 1 aliphatic heterocycles. The van der Waals surface area contributed by atoms with Gasteiger partial charge in [-0.2, -0.15) is 5.10 Å². The van der Waals surface area contributed by atoms with Crippen molar-refractivity contribution in [2.45, 2.75) is 40.0 Å². The number of aliphatic hydroxyl groups is 1. The van der Waals surface area contributed by atoms with Crippen molar-refractivity contribution in [3.63, 3.8) is 0 Å². The molecule has 0 spiro atoms. The number of carbonyl (C=O) groups is 2. The second-order valence-electron chi connectivity index (χ2n) is 9.85. The van der Waals surface area contributed by atoms with E-state index in [1.807, 2.05) is 24.5 Å². The maximum Gasteiger partial charge on any atom is 0.337 e. The number of hydrogen-bond acceptors (Lipinski definition) is 10. The predicted octanol–water partition coefficient (Wildman–Crippen LogP) is 3.52. The molecule has 0 aliphatic carbocycles. The highest BCUT2D eigenvalue weighted by Gasteiger charge is 2.32. The van der Waals surface area contributed by atoms with Crippen LogP contribution in [-0.4, -0.2) is 59.4 Å². The smallest absolute Gasteiger partial charge is 0.337 e. The SMILES string of the molecule is CCOc1cc([C@H]2NC(=O)NC(C)=C2C(=O)OC)ccc1OC[C@H](O)N/N=C/c1cc(C)n(-c2ccc([N+](=O)[O-])cc2)c1C. The Hall–Kier alpha value is -5.37. The number of hydrogen-bond donors (Lipinski definition) is 4. The number of ether oxygens (including phenoxy) is 3. The van der Waals surface area contributed by atoms with Crippen molar-refractivity contribution in [1.82, 2.24) is 20.6 Å². The number of methoxy groups -OCH3 is 1. The Kier molecular flexibility index (Phi) is 9.85. The van der Waals surface area contributed by atoms with Crippen LogP contribution in [0, 0.1) is 24.0 Å². The van der Waals surface area contributed by atoms with E-state index in [9.17, 15) is 24.8 Å². The number of aromatic nitrogens is 1. The van der Waals surface area contributed by atoms with Gasteiger partial charge in [0, 0.05) is 40.5 Å². The first-order chi connectivity index (χ1) is 21.0. The van der Waals surface area contributed by atoms with Gasteiger partial charge < -0.3 is 34.5 Å². The number of non-ortho nitro benzene ring substituents is 1. The van der Waals surface area contributed by atoms with Gasteiger partial charge in [0.2, 0.25) is 0 Å². The maximum absolute atomic E-state index is 12.4. The number of nitro benzene ring substituents is 1. The normalized spacial score (nSPS) is 15.4. The molecule has 0 bridgehead atoms. The van der Waals surface area contributed by atoms with Crippen LogP contribution in [-0.2, 0) is 9.53 Å². The Balaban J connectivity index is 1.42. The molecule has 14 heteroatoms. The molecule has 3 aromatic rings. The number of allylic oxidation sites excluding steroid dienone is 1. The molecule has 0 saturated carbocycles. The van der Waals surface area contributed by atoms with Crippen LogP contribution in [0.2, 0.25) is 0 Å². The van der Waals surface area contributed by atoms with Gasteiger partial charge in [0.1, 0.15) is 6.61 Å². The van der Waals surface area contributed by atoms with Crippen LogP contribution < -0.4 is 25.5 Å². The van der Waals surface area contributed by atoms with E-state index < -0.39 is 29.2 Å². The minimum atomic E-state index is -1.17. The van der Waals surface area contributed by atoms with E-state index in [1.165, 1.54) is 19.2 Å². The summed E-state index contributed by atoms with van der Waals surface area (Å²) in [6, 6.07) is 11.9. The molecule has 0 fully saturated rings. The van der Waals surface area contributed by atoms with Gasteiger partial charge in [-0.05, 0) is 63.6 Å². The molecule has 1 aromatic heterocycles. The highest BCUT2D eigenvalue weighted by molar-refractivity contribution is 5.95. The summed E-state index contributed by atoms with van der Waals surface area (Å²) < 4.78 is 18.4. The van der Waals surface area contributed by atoms with Gasteiger partial charge in [0.05, 0.1) is 36.5 Å². The first kappa shape index (κ1) is 31.6. The van der Waals surface area contributed by atoms with Gasteiger partial charge in [0.25, 0.3) is 5.69 Å². The number of benzene rings is 2. The standard InChI is InChI=1S/C30H34N6O8/c1-6-43-25-14-20(28-27(29(38)42-5)18(3)32-30(39)33-28)7-12-24(25)44-16-26(37)34-31-15-21-13-17(2)35(19(21)4)22-8-10-23(11-9-22)36(40)41/h7-15,26,28,34,37H,6,16H2,1-5H3,(H2,32,33,39)/b31-15+/t26-,28+/m0/s1. The third-order valence-electron chi connectivity index (χ3n) is 6.89. The van der Waals surface area contributed by atoms with Gasteiger partial charge in [-0.25, -0.2) is 9.59 Å². The van der Waals surface area contributed by atoms with Gasteiger partial charge in [-0.3, -0.25) is 15.5 Å². The quantitative estimate of drug-likeness (QED) is 0.0789. The van der Waals surface area contributed by atoms with Crippen molar-refractivity contribution < 1.29 is 33.8 Å². The zero-order valence-corrected chi connectivity index (χ0v) is 24.9. The second kappa shape index (κ2) is 13.7. The summed E-state index contributed by atoms with van der Waals surface area (Å²) >= 11 is 0. The Morgan fingerprint density at radius 3 is 2.55 bits per heavy atom. The van der Waals surface area contributed by atoms with E-state index in [-0.39, 0.29) is 17.9 Å². The summed E-state index contributed by atoms with van der Waals surface area (Å²) in [5, 5.41) is 30.9. The first-order valence-corrected chi connectivity index (χ1v) is 13.7. The zero-order valence-electron chi connectivity index (χ0n) is 24.9. The average molecular weight is 607 g/mol. The van der Waals surface area contributed by atoms with E-state index in [0.29, 0.717) is 29.4 Å². The van der Waals surface area contributed by atoms with E-state index in [0.717, 1.165) is 22.6 Å². The molecule has 44 heavy (non-hydrogen) atoms. The average Bonchev–Trinajstić information content (AvgIpc) is 3.28. The minimum absolute atomic E-state index is 0.0120. The van der Waals surface area contributed by atoms with Crippen molar-refractivity contribution >= 4 is 23.9 Å². The Morgan fingerprint density at radius 2 is 1.89 bits per heavy atom. The van der Waals surface area contributed by atoms with Gasteiger partial charge >= 0.3 is 12.0 Å². The lowest BCUT2D eigenvalue weighted by molar-refractivity contribution is -0.384. The van der Waals surface area contributed by atoms with Crippen LogP contribution >= 0.6 is 0 Å². The molecule has 2 amide bonds. The Morgan fingerprint density at radius 1 is 1.16 bits per heavy atom. The van der Waals surface area contributed by atoms with Crippen molar-refractivity contribution in [1.29, 1.82) is 0 Å². The van der Waals surface area contributed by atoms with E-state index in [2.05, 4.69) is 21.2 Å². The number of esters is 1. The summed E-state index contributed by atoms with van der Waals surface area (Å²) in [5.41, 5.74) is 7.18. The number of nitro groups is 1. The predicted molar refractivity (Wildman–Crippen MR) is 161 cm³/mol. The third kappa shape index (κ3) is 6.98. The molecular weight excluding hydrogens is 572 g/mol. The summed E-state index contributed by atoms with van der Waals surface area (Å²) in [7, 11) is 1.27. The van der Waals surface area contributed by atoms with Crippen molar-refractivity contribution in [2.75, 3.05) is 20.3 Å². The molecule has 0 radical (unpaired) electrons. The van der Waals surface area contributed by atoms with Crippen molar-refractivity contribution in [2.24, 2.45) is 5.10 Å².